The zero-order chi connectivity index (χ0) is 10.5. The molecule has 0 aliphatic heterocycles. The van der Waals surface area contributed by atoms with E-state index in [1.165, 1.54) is 0 Å². The van der Waals surface area contributed by atoms with E-state index in [0.717, 1.165) is 6.08 Å². The van der Waals surface area contributed by atoms with Crippen LogP contribution in [0.3, 0.4) is 0 Å². The Kier molecular flexibility index (Phi) is 4.40. The summed E-state index contributed by atoms with van der Waals surface area (Å²) in [5.74, 6) is -0.762. The van der Waals surface area contributed by atoms with Gasteiger partial charge in [0.25, 0.3) is 0 Å². The second kappa shape index (κ2) is 4.81. The highest BCUT2D eigenvalue weighted by molar-refractivity contribution is 6.71. The molecule has 0 aromatic heterocycles. The number of nitrogens with one attached hydrogen (secondary N) is 1. The molecule has 0 radical (unpaired) electrons. The van der Waals surface area contributed by atoms with Gasteiger partial charge >= 0.3 is 5.97 Å². The molecule has 0 fully saturated rings. The van der Waals surface area contributed by atoms with Crippen LogP contribution in [-0.4, -0.2) is 26.7 Å². The van der Waals surface area contributed by atoms with Crippen LogP contribution in [0.4, 0.5) is 0 Å². The van der Waals surface area contributed by atoms with Crippen molar-refractivity contribution in [2.75, 3.05) is 6.54 Å². The Morgan fingerprint density at radius 1 is 1.46 bits per heavy atom. The zero-order valence-electron chi connectivity index (χ0n) is 8.22. The number of rotatable bonds is 4. The minimum Gasteiger partial charge on any atom is -0.519 e. The zero-order valence-corrected chi connectivity index (χ0v) is 9.22. The number of hydrogen-bond donors (Lipinski definition) is 1. The van der Waals surface area contributed by atoms with Crippen molar-refractivity contribution in [3.8, 4) is 0 Å². The van der Waals surface area contributed by atoms with E-state index in [0.29, 0.717) is 0 Å². The van der Waals surface area contributed by atoms with E-state index in [9.17, 15) is 9.59 Å². The Bertz CT molecular complexity index is 220. The van der Waals surface area contributed by atoms with E-state index in [4.69, 9.17) is 4.43 Å². The molecule has 0 saturated heterocycles. The first-order chi connectivity index (χ1) is 5.85. The Morgan fingerprint density at radius 2 is 2.00 bits per heavy atom. The van der Waals surface area contributed by atoms with Crippen LogP contribution < -0.4 is 5.32 Å². The molecule has 4 nitrogen and oxygen atoms in total. The van der Waals surface area contributed by atoms with E-state index in [2.05, 4.69) is 11.9 Å². The monoisotopic (exact) mass is 201 g/mol. The van der Waals surface area contributed by atoms with Gasteiger partial charge in [0.2, 0.25) is 14.2 Å². The van der Waals surface area contributed by atoms with Gasteiger partial charge in [0.05, 0.1) is 0 Å². The second-order valence-corrected chi connectivity index (χ2v) is 7.94. The summed E-state index contributed by atoms with van der Waals surface area (Å²) >= 11 is 0. The van der Waals surface area contributed by atoms with Crippen molar-refractivity contribution < 1.29 is 14.0 Å². The van der Waals surface area contributed by atoms with E-state index in [1.807, 2.05) is 19.6 Å². The highest BCUT2D eigenvalue weighted by atomic mass is 28.4. The first-order valence-electron chi connectivity index (χ1n) is 3.97. The summed E-state index contributed by atoms with van der Waals surface area (Å²) in [4.78, 5) is 21.7. The highest BCUT2D eigenvalue weighted by Crippen LogP contribution is 2.01. The molecule has 0 aliphatic rings. The lowest BCUT2D eigenvalue weighted by molar-refractivity contribution is -0.135. The summed E-state index contributed by atoms with van der Waals surface area (Å²) in [5.41, 5.74) is 0. The third-order valence-electron chi connectivity index (χ3n) is 1.01. The fourth-order valence-electron chi connectivity index (χ4n) is 0.609. The van der Waals surface area contributed by atoms with Gasteiger partial charge in [0.1, 0.15) is 6.54 Å². The molecule has 0 heterocycles. The minimum absolute atomic E-state index is 0.0882. The van der Waals surface area contributed by atoms with Gasteiger partial charge in [-0.3, -0.25) is 9.59 Å². The van der Waals surface area contributed by atoms with Gasteiger partial charge in [-0.2, -0.15) is 0 Å². The topological polar surface area (TPSA) is 55.4 Å². The average Bonchev–Trinajstić information content (AvgIpc) is 1.97. The molecule has 1 N–H and O–H groups in total. The van der Waals surface area contributed by atoms with Crippen LogP contribution in [0, 0.1) is 0 Å². The highest BCUT2D eigenvalue weighted by Gasteiger charge is 2.19. The van der Waals surface area contributed by atoms with Gasteiger partial charge in [-0.15, -0.1) is 0 Å². The summed E-state index contributed by atoms with van der Waals surface area (Å²) in [7, 11) is -1.83. The van der Waals surface area contributed by atoms with Crippen LogP contribution in [0.1, 0.15) is 0 Å². The molecular formula is C8H15NO3Si. The number of hydrogen-bond acceptors (Lipinski definition) is 3. The van der Waals surface area contributed by atoms with Crippen molar-refractivity contribution >= 4 is 20.2 Å². The Balaban J connectivity index is 3.77. The number of carbonyl (C=O) groups excluding carboxylic acids is 2. The molecule has 0 saturated carbocycles. The molecule has 0 aromatic carbocycles. The summed E-state index contributed by atoms with van der Waals surface area (Å²) < 4.78 is 5.08. The summed E-state index contributed by atoms with van der Waals surface area (Å²) in [6.45, 7) is 8.88. The predicted octanol–water partition coefficient (Wildman–Crippen LogP) is 0.667. The van der Waals surface area contributed by atoms with E-state index < -0.39 is 14.3 Å². The normalized spacial score (nSPS) is 10.4. The molecule has 0 aliphatic carbocycles. The van der Waals surface area contributed by atoms with Crippen LogP contribution in [0.15, 0.2) is 12.7 Å². The van der Waals surface area contributed by atoms with Gasteiger partial charge in [-0.05, 0) is 25.7 Å². The van der Waals surface area contributed by atoms with E-state index in [1.54, 1.807) is 0 Å². The van der Waals surface area contributed by atoms with Crippen molar-refractivity contribution in [1.29, 1.82) is 0 Å². The molecule has 0 aromatic rings. The quantitative estimate of drug-likeness (QED) is 0.537. The molecule has 1 amide bonds. The molecule has 0 bridgehead atoms. The molecule has 0 atom stereocenters. The van der Waals surface area contributed by atoms with Gasteiger partial charge in [-0.1, -0.05) is 6.58 Å². The van der Waals surface area contributed by atoms with Crippen LogP contribution >= 0.6 is 0 Å². The SMILES string of the molecule is C=CC(=O)NCC(=O)O[Si](C)(C)C. The lowest BCUT2D eigenvalue weighted by Gasteiger charge is -2.17. The molecule has 74 valence electrons. The fraction of sp³-hybridized carbons (Fsp3) is 0.500. The number of carbonyl (C=O) groups is 2. The lowest BCUT2D eigenvalue weighted by atomic mass is 10.5. The maximum Gasteiger partial charge on any atom is 0.312 e. The van der Waals surface area contributed by atoms with Crippen molar-refractivity contribution in [2.45, 2.75) is 19.6 Å². The summed E-state index contributed by atoms with van der Waals surface area (Å²) in [5, 5.41) is 2.35. The standard InChI is InChI=1S/C8H15NO3Si/c1-5-7(10)9-6-8(11)12-13(2,3)4/h5H,1,6H2,2-4H3,(H,9,10). The minimum atomic E-state index is -1.83. The Morgan fingerprint density at radius 3 is 2.38 bits per heavy atom. The van der Waals surface area contributed by atoms with Crippen LogP contribution in [-0.2, 0) is 14.0 Å². The Hall–Kier alpha value is -1.10. The van der Waals surface area contributed by atoms with E-state index in [-0.39, 0.29) is 12.5 Å². The van der Waals surface area contributed by atoms with Gasteiger partial charge in [-0.25, -0.2) is 0 Å². The van der Waals surface area contributed by atoms with Crippen LogP contribution in [0.5, 0.6) is 0 Å². The number of amides is 1. The van der Waals surface area contributed by atoms with Crippen LogP contribution in [0.25, 0.3) is 0 Å². The second-order valence-electron chi connectivity index (χ2n) is 3.51. The molecule has 0 spiro atoms. The third-order valence-corrected chi connectivity index (χ3v) is 1.85. The predicted molar refractivity (Wildman–Crippen MR) is 52.6 cm³/mol. The maximum atomic E-state index is 11.0. The average molecular weight is 201 g/mol. The van der Waals surface area contributed by atoms with Gasteiger partial charge in [0, 0.05) is 0 Å². The van der Waals surface area contributed by atoms with Crippen molar-refractivity contribution in [3.05, 3.63) is 12.7 Å². The van der Waals surface area contributed by atoms with Gasteiger partial charge in [0.15, 0.2) is 0 Å². The maximum absolute atomic E-state index is 11.0. The van der Waals surface area contributed by atoms with Crippen molar-refractivity contribution in [1.82, 2.24) is 5.32 Å². The molecule has 5 heteroatoms. The fourth-order valence-corrected chi connectivity index (χ4v) is 1.36. The molecule has 13 heavy (non-hydrogen) atoms. The summed E-state index contributed by atoms with van der Waals surface area (Å²) in [6.07, 6.45) is 1.11. The third kappa shape index (κ3) is 7.26. The summed E-state index contributed by atoms with van der Waals surface area (Å²) in [6, 6.07) is 0. The smallest absolute Gasteiger partial charge is 0.312 e. The molecular weight excluding hydrogens is 186 g/mol. The lowest BCUT2D eigenvalue weighted by Crippen LogP contribution is -2.36. The van der Waals surface area contributed by atoms with Gasteiger partial charge < -0.3 is 9.74 Å². The van der Waals surface area contributed by atoms with E-state index >= 15 is 0 Å². The Labute approximate surface area is 79.1 Å². The molecule has 0 unspecified atom stereocenters. The largest absolute Gasteiger partial charge is 0.519 e. The van der Waals surface area contributed by atoms with Crippen molar-refractivity contribution in [2.24, 2.45) is 0 Å². The van der Waals surface area contributed by atoms with Crippen LogP contribution in [0.2, 0.25) is 19.6 Å². The first kappa shape index (κ1) is 11.9. The van der Waals surface area contributed by atoms with Crippen molar-refractivity contribution in [3.63, 3.8) is 0 Å². The molecule has 0 rings (SSSR count). The first-order valence-corrected chi connectivity index (χ1v) is 7.38.